The summed E-state index contributed by atoms with van der Waals surface area (Å²) in [7, 11) is 0. The van der Waals surface area contributed by atoms with Crippen LogP contribution in [0, 0.1) is 6.92 Å². The van der Waals surface area contributed by atoms with Crippen molar-refractivity contribution in [2.75, 3.05) is 0 Å². The molecule has 0 saturated heterocycles. The number of hydrogen-bond acceptors (Lipinski definition) is 2. The summed E-state index contributed by atoms with van der Waals surface area (Å²) >= 11 is 0. The van der Waals surface area contributed by atoms with Crippen molar-refractivity contribution in [1.29, 1.82) is 0 Å². The van der Waals surface area contributed by atoms with E-state index in [0.29, 0.717) is 5.89 Å². The zero-order valence-corrected chi connectivity index (χ0v) is 16.1. The van der Waals surface area contributed by atoms with Crippen molar-refractivity contribution < 1.29 is 4.42 Å². The van der Waals surface area contributed by atoms with Gasteiger partial charge in [0, 0.05) is 18.8 Å². The van der Waals surface area contributed by atoms with E-state index in [2.05, 4.69) is 71.2 Å². The van der Waals surface area contributed by atoms with Gasteiger partial charge in [-0.15, -0.1) is 0 Å². The fourth-order valence-corrected chi connectivity index (χ4v) is 3.79. The van der Waals surface area contributed by atoms with Gasteiger partial charge in [-0.1, -0.05) is 48.5 Å². The van der Waals surface area contributed by atoms with Crippen LogP contribution in [-0.2, 0) is 13.0 Å². The molecule has 0 aliphatic carbocycles. The van der Waals surface area contributed by atoms with E-state index in [0.717, 1.165) is 29.6 Å². The van der Waals surface area contributed by atoms with Crippen LogP contribution in [0.3, 0.4) is 0 Å². The first-order valence-electron chi connectivity index (χ1n) is 9.79. The number of benzene rings is 3. The molecule has 5 aromatic rings. The summed E-state index contributed by atoms with van der Waals surface area (Å²) in [6, 6.07) is 25.0. The molecule has 5 rings (SSSR count). The molecule has 3 aromatic carbocycles. The molecule has 0 aliphatic rings. The number of para-hydroxylation sites is 3. The van der Waals surface area contributed by atoms with Crippen LogP contribution in [0.5, 0.6) is 0 Å². The van der Waals surface area contributed by atoms with Crippen molar-refractivity contribution in [2.24, 2.45) is 0 Å². The average Bonchev–Trinajstić information content (AvgIpc) is 3.36. The van der Waals surface area contributed by atoms with Crippen molar-refractivity contribution in [3.05, 3.63) is 108 Å². The summed E-state index contributed by atoms with van der Waals surface area (Å²) < 4.78 is 8.08. The molecule has 2 aromatic heterocycles. The lowest BCUT2D eigenvalue weighted by molar-refractivity contribution is 0.589. The molecule has 0 N–H and O–H groups in total. The van der Waals surface area contributed by atoms with E-state index in [9.17, 15) is 0 Å². The maximum Gasteiger partial charge on any atom is 0.220 e. The van der Waals surface area contributed by atoms with E-state index in [1.165, 1.54) is 22.0 Å². The van der Waals surface area contributed by atoms with Crippen molar-refractivity contribution in [3.63, 3.8) is 0 Å². The van der Waals surface area contributed by atoms with Crippen LogP contribution in [0.4, 0.5) is 0 Å². The number of aromatic nitrogens is 2. The zero-order valence-electron chi connectivity index (χ0n) is 16.1. The highest BCUT2D eigenvalue weighted by atomic mass is 16.3. The Labute approximate surface area is 169 Å². The lowest BCUT2D eigenvalue weighted by Gasteiger charge is -2.09. The third-order valence-corrected chi connectivity index (χ3v) is 5.17. The number of fused-ring (bicyclic) bond motifs is 2. The SMILES string of the molecule is [CH2]Cc1cccc2ccn(Cc3cccc(/C=C/c4nc5ccccc5o4)c3)c12. The normalized spacial score (nSPS) is 11.8. The van der Waals surface area contributed by atoms with Gasteiger partial charge in [-0.25, -0.2) is 4.98 Å². The second kappa shape index (κ2) is 7.44. The van der Waals surface area contributed by atoms with Gasteiger partial charge in [0.15, 0.2) is 5.58 Å². The van der Waals surface area contributed by atoms with Gasteiger partial charge in [-0.05, 0) is 65.8 Å². The van der Waals surface area contributed by atoms with Crippen LogP contribution in [0.15, 0.2) is 83.4 Å². The van der Waals surface area contributed by atoms with E-state index < -0.39 is 0 Å². The van der Waals surface area contributed by atoms with Crippen molar-refractivity contribution >= 4 is 34.2 Å². The molecule has 3 heteroatoms. The first-order valence-corrected chi connectivity index (χ1v) is 9.79. The van der Waals surface area contributed by atoms with Crippen LogP contribution in [0.2, 0.25) is 0 Å². The molecule has 1 radical (unpaired) electrons. The zero-order chi connectivity index (χ0) is 19.6. The monoisotopic (exact) mass is 377 g/mol. The minimum atomic E-state index is 0.619. The Morgan fingerprint density at radius 1 is 0.931 bits per heavy atom. The molecule has 0 aliphatic heterocycles. The van der Waals surface area contributed by atoms with E-state index in [1.807, 2.05) is 36.4 Å². The standard InChI is InChI=1S/C26H21N2O/c1-2-21-9-6-10-22-15-16-28(26(21)22)18-20-8-5-7-19(17-20)13-14-25-27-23-11-3-4-12-24(23)29-25/h3-17H,1-2,18H2/b14-13+. The van der Waals surface area contributed by atoms with Gasteiger partial charge in [-0.3, -0.25) is 0 Å². The molecule has 2 heterocycles. The van der Waals surface area contributed by atoms with E-state index in [1.54, 1.807) is 0 Å². The summed E-state index contributed by atoms with van der Waals surface area (Å²) in [5.41, 5.74) is 6.61. The number of rotatable bonds is 5. The summed E-state index contributed by atoms with van der Waals surface area (Å²) in [5, 5.41) is 1.26. The lowest BCUT2D eigenvalue weighted by atomic mass is 10.1. The van der Waals surface area contributed by atoms with E-state index in [-0.39, 0.29) is 0 Å². The Morgan fingerprint density at radius 3 is 2.72 bits per heavy atom. The Hall–Kier alpha value is -3.59. The van der Waals surface area contributed by atoms with Crippen molar-refractivity contribution in [2.45, 2.75) is 13.0 Å². The lowest BCUT2D eigenvalue weighted by Crippen LogP contribution is -2.00. The number of nitrogens with zero attached hydrogens (tertiary/aromatic N) is 2. The molecule has 141 valence electrons. The first-order chi connectivity index (χ1) is 14.3. The molecule has 0 unspecified atom stereocenters. The number of oxazole rings is 1. The van der Waals surface area contributed by atoms with Gasteiger partial charge < -0.3 is 8.98 Å². The maximum absolute atomic E-state index is 5.77. The topological polar surface area (TPSA) is 31.0 Å². The average molecular weight is 377 g/mol. The molecule has 0 saturated carbocycles. The Bertz CT molecular complexity index is 1290. The van der Waals surface area contributed by atoms with Crippen LogP contribution in [0.1, 0.15) is 22.6 Å². The third-order valence-electron chi connectivity index (χ3n) is 5.17. The molecule has 0 amide bonds. The minimum Gasteiger partial charge on any atom is -0.437 e. The van der Waals surface area contributed by atoms with Crippen molar-refractivity contribution in [1.82, 2.24) is 9.55 Å². The molecule has 0 spiro atoms. The predicted octanol–water partition coefficient (Wildman–Crippen LogP) is 6.38. The first kappa shape index (κ1) is 17.5. The highest BCUT2D eigenvalue weighted by molar-refractivity contribution is 5.83. The molecular weight excluding hydrogens is 356 g/mol. The minimum absolute atomic E-state index is 0.619. The highest BCUT2D eigenvalue weighted by Crippen LogP contribution is 2.23. The highest BCUT2D eigenvalue weighted by Gasteiger charge is 2.06. The van der Waals surface area contributed by atoms with Gasteiger partial charge in [-0.2, -0.15) is 0 Å². The molecule has 0 bridgehead atoms. The Morgan fingerprint density at radius 2 is 1.83 bits per heavy atom. The summed E-state index contributed by atoms with van der Waals surface area (Å²) in [6.45, 7) is 4.90. The summed E-state index contributed by atoms with van der Waals surface area (Å²) in [6.07, 6.45) is 6.91. The quantitative estimate of drug-likeness (QED) is 0.356. The van der Waals surface area contributed by atoms with Gasteiger partial charge in [0.05, 0.1) is 5.52 Å². The largest absolute Gasteiger partial charge is 0.437 e. The van der Waals surface area contributed by atoms with Gasteiger partial charge in [0.25, 0.3) is 0 Å². The Balaban J connectivity index is 1.41. The summed E-state index contributed by atoms with van der Waals surface area (Å²) in [5.74, 6) is 0.619. The molecule has 3 nitrogen and oxygen atoms in total. The van der Waals surface area contributed by atoms with Crippen molar-refractivity contribution in [3.8, 4) is 0 Å². The number of hydrogen-bond donors (Lipinski definition) is 0. The van der Waals surface area contributed by atoms with Gasteiger partial charge >= 0.3 is 0 Å². The smallest absolute Gasteiger partial charge is 0.220 e. The van der Waals surface area contributed by atoms with E-state index in [4.69, 9.17) is 4.42 Å². The molecule has 29 heavy (non-hydrogen) atoms. The molecule has 0 fully saturated rings. The Kier molecular flexibility index (Phi) is 4.49. The maximum atomic E-state index is 5.77. The molecule has 0 atom stereocenters. The predicted molar refractivity (Wildman–Crippen MR) is 119 cm³/mol. The fraction of sp³-hybridized carbons (Fsp3) is 0.0769. The van der Waals surface area contributed by atoms with Gasteiger partial charge in [0.2, 0.25) is 5.89 Å². The van der Waals surface area contributed by atoms with E-state index >= 15 is 0 Å². The fourth-order valence-electron chi connectivity index (χ4n) is 3.79. The van der Waals surface area contributed by atoms with Crippen LogP contribution in [0.25, 0.3) is 34.2 Å². The van der Waals surface area contributed by atoms with Crippen LogP contribution >= 0.6 is 0 Å². The van der Waals surface area contributed by atoms with Crippen LogP contribution < -0.4 is 0 Å². The van der Waals surface area contributed by atoms with Crippen LogP contribution in [-0.4, -0.2) is 9.55 Å². The second-order valence-corrected chi connectivity index (χ2v) is 7.15. The molecular formula is C26H21N2O. The van der Waals surface area contributed by atoms with Gasteiger partial charge in [0.1, 0.15) is 5.52 Å². The second-order valence-electron chi connectivity index (χ2n) is 7.15. The summed E-state index contributed by atoms with van der Waals surface area (Å²) in [4.78, 5) is 4.50. The third kappa shape index (κ3) is 3.47.